The molecular formula is C16H21NO3. The number of rotatable bonds is 5. The van der Waals surface area contributed by atoms with E-state index in [-0.39, 0.29) is 30.8 Å². The third-order valence-corrected chi connectivity index (χ3v) is 4.30. The van der Waals surface area contributed by atoms with Crippen LogP contribution in [0.15, 0.2) is 30.3 Å². The van der Waals surface area contributed by atoms with Gasteiger partial charge in [-0.2, -0.15) is 0 Å². The van der Waals surface area contributed by atoms with Crippen LogP contribution in [-0.4, -0.2) is 34.0 Å². The Labute approximate surface area is 119 Å². The number of carbonyl (C=O) groups is 2. The molecule has 1 N–H and O–H groups in total. The number of benzene rings is 1. The summed E-state index contributed by atoms with van der Waals surface area (Å²) in [6, 6.07) is 9.42. The second-order valence-corrected chi connectivity index (χ2v) is 5.56. The zero-order valence-electron chi connectivity index (χ0n) is 12.0. The molecule has 1 aliphatic rings. The summed E-state index contributed by atoms with van der Waals surface area (Å²) in [7, 11) is 0. The molecule has 108 valence electrons. The molecule has 0 aromatic heterocycles. The molecule has 0 radical (unpaired) electrons. The molecule has 1 fully saturated rings. The molecule has 2 atom stereocenters. The van der Waals surface area contributed by atoms with Crippen molar-refractivity contribution in [2.24, 2.45) is 0 Å². The second-order valence-electron chi connectivity index (χ2n) is 5.56. The molecule has 4 heteroatoms. The maximum atomic E-state index is 12.6. The zero-order valence-corrected chi connectivity index (χ0v) is 12.0. The SMILES string of the molecule is CCC(C)(CCO)N1C(=O)CC(c2ccccc2)C1=O. The Bertz CT molecular complexity index is 500. The van der Waals surface area contributed by atoms with E-state index in [0.29, 0.717) is 12.8 Å². The molecule has 1 aliphatic heterocycles. The molecule has 2 amide bonds. The lowest BCUT2D eigenvalue weighted by Gasteiger charge is -2.36. The lowest BCUT2D eigenvalue weighted by Crippen LogP contribution is -2.50. The number of imide groups is 1. The van der Waals surface area contributed by atoms with Crippen molar-refractivity contribution in [2.75, 3.05) is 6.61 Å². The fourth-order valence-electron chi connectivity index (χ4n) is 2.83. The topological polar surface area (TPSA) is 57.6 Å². The molecule has 1 heterocycles. The number of amides is 2. The van der Waals surface area contributed by atoms with E-state index in [1.165, 1.54) is 4.90 Å². The number of likely N-dealkylation sites (tertiary alicyclic amines) is 1. The first-order valence-electron chi connectivity index (χ1n) is 7.06. The van der Waals surface area contributed by atoms with Crippen LogP contribution in [0.1, 0.15) is 44.6 Å². The van der Waals surface area contributed by atoms with Gasteiger partial charge in [0.25, 0.3) is 0 Å². The van der Waals surface area contributed by atoms with Crippen LogP contribution in [-0.2, 0) is 9.59 Å². The highest BCUT2D eigenvalue weighted by Gasteiger charge is 2.47. The molecule has 2 unspecified atom stereocenters. The first-order chi connectivity index (χ1) is 9.53. The van der Waals surface area contributed by atoms with Crippen molar-refractivity contribution in [1.82, 2.24) is 4.90 Å². The minimum atomic E-state index is -0.591. The van der Waals surface area contributed by atoms with Crippen LogP contribution >= 0.6 is 0 Å². The number of carbonyl (C=O) groups excluding carboxylic acids is 2. The number of hydrogen-bond acceptors (Lipinski definition) is 3. The van der Waals surface area contributed by atoms with Gasteiger partial charge in [0.05, 0.1) is 5.92 Å². The van der Waals surface area contributed by atoms with Crippen LogP contribution in [0, 0.1) is 0 Å². The lowest BCUT2D eigenvalue weighted by atomic mass is 9.92. The van der Waals surface area contributed by atoms with Gasteiger partial charge in [0, 0.05) is 18.6 Å². The summed E-state index contributed by atoms with van der Waals surface area (Å²) in [5.74, 6) is -0.658. The van der Waals surface area contributed by atoms with E-state index in [1.54, 1.807) is 0 Å². The molecule has 2 rings (SSSR count). The van der Waals surface area contributed by atoms with Gasteiger partial charge in [-0.1, -0.05) is 37.3 Å². The number of hydrogen-bond donors (Lipinski definition) is 1. The van der Waals surface area contributed by atoms with E-state index < -0.39 is 5.54 Å². The molecule has 0 bridgehead atoms. The molecule has 4 nitrogen and oxygen atoms in total. The first-order valence-corrected chi connectivity index (χ1v) is 7.06. The van der Waals surface area contributed by atoms with Crippen LogP contribution in [0.5, 0.6) is 0 Å². The Kier molecular flexibility index (Phi) is 4.23. The van der Waals surface area contributed by atoms with Crippen molar-refractivity contribution in [3.8, 4) is 0 Å². The van der Waals surface area contributed by atoms with Crippen molar-refractivity contribution >= 4 is 11.8 Å². The summed E-state index contributed by atoms with van der Waals surface area (Å²) < 4.78 is 0. The van der Waals surface area contributed by atoms with Crippen LogP contribution < -0.4 is 0 Å². The summed E-state index contributed by atoms with van der Waals surface area (Å²) in [4.78, 5) is 26.3. The zero-order chi connectivity index (χ0) is 14.8. The Hall–Kier alpha value is -1.68. The molecule has 20 heavy (non-hydrogen) atoms. The predicted molar refractivity (Wildman–Crippen MR) is 76.1 cm³/mol. The highest BCUT2D eigenvalue weighted by molar-refractivity contribution is 6.06. The molecule has 1 aromatic carbocycles. The minimum Gasteiger partial charge on any atom is -0.396 e. The van der Waals surface area contributed by atoms with E-state index in [0.717, 1.165) is 5.56 Å². The van der Waals surface area contributed by atoms with Crippen LogP contribution in [0.25, 0.3) is 0 Å². The Balaban J connectivity index is 2.30. The Morgan fingerprint density at radius 1 is 1.30 bits per heavy atom. The largest absolute Gasteiger partial charge is 0.396 e. The van der Waals surface area contributed by atoms with E-state index in [1.807, 2.05) is 44.2 Å². The fraction of sp³-hybridized carbons (Fsp3) is 0.500. The fourth-order valence-corrected chi connectivity index (χ4v) is 2.83. The summed E-state index contributed by atoms with van der Waals surface area (Å²) in [6.07, 6.45) is 1.29. The van der Waals surface area contributed by atoms with Crippen LogP contribution in [0.4, 0.5) is 0 Å². The van der Waals surface area contributed by atoms with Gasteiger partial charge in [-0.3, -0.25) is 14.5 Å². The standard InChI is InChI=1S/C16H21NO3/c1-3-16(2,9-10-18)17-14(19)11-13(15(17)20)12-7-5-4-6-8-12/h4-8,13,18H,3,9-11H2,1-2H3. The maximum Gasteiger partial charge on any atom is 0.237 e. The van der Waals surface area contributed by atoms with Crippen molar-refractivity contribution in [3.05, 3.63) is 35.9 Å². The lowest BCUT2D eigenvalue weighted by molar-refractivity contribution is -0.146. The van der Waals surface area contributed by atoms with E-state index in [9.17, 15) is 14.7 Å². The summed E-state index contributed by atoms with van der Waals surface area (Å²) in [6.45, 7) is 3.77. The van der Waals surface area contributed by atoms with Crippen molar-refractivity contribution in [2.45, 2.75) is 44.6 Å². The maximum absolute atomic E-state index is 12.6. The van der Waals surface area contributed by atoms with E-state index >= 15 is 0 Å². The van der Waals surface area contributed by atoms with Crippen molar-refractivity contribution < 1.29 is 14.7 Å². The second kappa shape index (κ2) is 5.75. The van der Waals surface area contributed by atoms with Gasteiger partial charge >= 0.3 is 0 Å². The highest BCUT2D eigenvalue weighted by atomic mass is 16.3. The minimum absolute atomic E-state index is 0.0304. The smallest absolute Gasteiger partial charge is 0.237 e. The Morgan fingerprint density at radius 3 is 2.50 bits per heavy atom. The van der Waals surface area contributed by atoms with Crippen molar-refractivity contribution in [3.63, 3.8) is 0 Å². The van der Waals surface area contributed by atoms with E-state index in [2.05, 4.69) is 0 Å². The molecule has 0 saturated carbocycles. The van der Waals surface area contributed by atoms with Crippen LogP contribution in [0.3, 0.4) is 0 Å². The molecule has 0 aliphatic carbocycles. The van der Waals surface area contributed by atoms with Gasteiger partial charge in [-0.15, -0.1) is 0 Å². The average Bonchev–Trinajstić information content (AvgIpc) is 2.75. The van der Waals surface area contributed by atoms with Gasteiger partial charge in [-0.25, -0.2) is 0 Å². The molecule has 1 aromatic rings. The van der Waals surface area contributed by atoms with Gasteiger partial charge < -0.3 is 5.11 Å². The van der Waals surface area contributed by atoms with Gasteiger partial charge in [-0.05, 0) is 25.3 Å². The number of aliphatic hydroxyl groups is 1. The third-order valence-electron chi connectivity index (χ3n) is 4.30. The monoisotopic (exact) mass is 275 g/mol. The molecule has 0 spiro atoms. The number of nitrogens with zero attached hydrogens (tertiary/aromatic N) is 1. The van der Waals surface area contributed by atoms with E-state index in [4.69, 9.17) is 0 Å². The number of aliphatic hydroxyl groups excluding tert-OH is 1. The normalized spacial score (nSPS) is 22.1. The quantitative estimate of drug-likeness (QED) is 0.837. The average molecular weight is 275 g/mol. The summed E-state index contributed by atoms with van der Waals surface area (Å²) >= 11 is 0. The first kappa shape index (κ1) is 14.7. The van der Waals surface area contributed by atoms with Crippen molar-refractivity contribution in [1.29, 1.82) is 0 Å². The highest BCUT2D eigenvalue weighted by Crippen LogP contribution is 2.36. The molecule has 1 saturated heterocycles. The predicted octanol–water partition coefficient (Wildman–Crippen LogP) is 2.08. The summed E-state index contributed by atoms with van der Waals surface area (Å²) in [5.41, 5.74) is 0.294. The van der Waals surface area contributed by atoms with Gasteiger partial charge in [0.2, 0.25) is 11.8 Å². The van der Waals surface area contributed by atoms with Crippen LogP contribution in [0.2, 0.25) is 0 Å². The molecular weight excluding hydrogens is 254 g/mol. The third kappa shape index (κ3) is 2.48. The van der Waals surface area contributed by atoms with Gasteiger partial charge in [0.15, 0.2) is 0 Å². The van der Waals surface area contributed by atoms with Gasteiger partial charge in [0.1, 0.15) is 0 Å². The summed E-state index contributed by atoms with van der Waals surface area (Å²) in [5, 5.41) is 9.20. The Morgan fingerprint density at radius 2 is 1.95 bits per heavy atom.